The van der Waals surface area contributed by atoms with Crippen molar-refractivity contribution in [3.63, 3.8) is 0 Å². The van der Waals surface area contributed by atoms with Gasteiger partial charge in [0, 0.05) is 12.1 Å². The van der Waals surface area contributed by atoms with Crippen LogP contribution in [0.25, 0.3) is 0 Å². The van der Waals surface area contributed by atoms with Gasteiger partial charge in [0.15, 0.2) is 0 Å². The van der Waals surface area contributed by atoms with Crippen LogP contribution in [0.4, 0.5) is 4.39 Å². The summed E-state index contributed by atoms with van der Waals surface area (Å²) >= 11 is 0. The molecular weight excluding hydrogens is 327 g/mol. The van der Waals surface area contributed by atoms with Gasteiger partial charge in [-0.3, -0.25) is 0 Å². The Morgan fingerprint density at radius 1 is 1.41 bits per heavy atom. The summed E-state index contributed by atoms with van der Waals surface area (Å²) in [6.07, 6.45) is 3.76. The van der Waals surface area contributed by atoms with Crippen molar-refractivity contribution in [2.45, 2.75) is 50.0 Å². The lowest BCUT2D eigenvalue weighted by molar-refractivity contribution is 0.191. The molecule has 7 heteroatoms. The summed E-state index contributed by atoms with van der Waals surface area (Å²) in [7, 11) is -3.71. The normalized spacial score (nSPS) is 25.5. The number of benzene rings is 1. The minimum Gasteiger partial charge on any atom is -0.329 e. The van der Waals surface area contributed by atoms with E-state index in [1.165, 1.54) is 18.2 Å². The number of hydrogen-bond donors (Lipinski definition) is 2. The fourth-order valence-electron chi connectivity index (χ4n) is 3.15. The van der Waals surface area contributed by atoms with E-state index in [2.05, 4.69) is 4.72 Å². The van der Waals surface area contributed by atoms with Gasteiger partial charge in [-0.15, -0.1) is 12.4 Å². The molecule has 126 valence electrons. The molecule has 0 aliphatic heterocycles. The summed E-state index contributed by atoms with van der Waals surface area (Å²) in [5.41, 5.74) is 5.69. The SMILES string of the molecule is Cc1cc(F)ccc1S(=O)(=O)NC1(CN)CCCCC1C.Cl. The van der Waals surface area contributed by atoms with Crippen molar-refractivity contribution in [1.82, 2.24) is 4.72 Å². The van der Waals surface area contributed by atoms with Crippen LogP contribution in [0.2, 0.25) is 0 Å². The molecule has 1 aromatic carbocycles. The third kappa shape index (κ3) is 3.79. The summed E-state index contributed by atoms with van der Waals surface area (Å²) in [6.45, 7) is 3.90. The Kier molecular flexibility index (Phi) is 6.38. The van der Waals surface area contributed by atoms with Gasteiger partial charge in [0.05, 0.1) is 4.90 Å². The quantitative estimate of drug-likeness (QED) is 0.877. The Morgan fingerprint density at radius 3 is 2.64 bits per heavy atom. The molecule has 1 aromatic rings. The van der Waals surface area contributed by atoms with E-state index in [0.717, 1.165) is 25.7 Å². The molecule has 1 saturated carbocycles. The van der Waals surface area contributed by atoms with E-state index in [-0.39, 0.29) is 29.8 Å². The molecule has 1 fully saturated rings. The van der Waals surface area contributed by atoms with Crippen LogP contribution < -0.4 is 10.5 Å². The van der Waals surface area contributed by atoms with E-state index in [9.17, 15) is 12.8 Å². The highest BCUT2D eigenvalue weighted by Crippen LogP contribution is 2.34. The molecule has 0 radical (unpaired) electrons. The molecule has 0 bridgehead atoms. The molecule has 3 N–H and O–H groups in total. The number of aryl methyl sites for hydroxylation is 1. The maximum absolute atomic E-state index is 13.2. The maximum atomic E-state index is 13.2. The van der Waals surface area contributed by atoms with E-state index in [0.29, 0.717) is 5.56 Å². The molecule has 22 heavy (non-hydrogen) atoms. The zero-order valence-electron chi connectivity index (χ0n) is 12.9. The smallest absolute Gasteiger partial charge is 0.241 e. The monoisotopic (exact) mass is 350 g/mol. The Labute approximate surface area is 138 Å². The zero-order chi connectivity index (χ0) is 15.7. The van der Waals surface area contributed by atoms with Crippen molar-refractivity contribution in [2.24, 2.45) is 11.7 Å². The zero-order valence-corrected chi connectivity index (χ0v) is 14.6. The molecule has 0 spiro atoms. The van der Waals surface area contributed by atoms with Gasteiger partial charge in [0.1, 0.15) is 5.82 Å². The predicted molar refractivity (Wildman–Crippen MR) is 88.1 cm³/mol. The first-order valence-electron chi connectivity index (χ1n) is 7.31. The number of nitrogens with two attached hydrogens (primary N) is 1. The van der Waals surface area contributed by atoms with Crippen molar-refractivity contribution >= 4 is 22.4 Å². The number of rotatable bonds is 4. The Hall–Kier alpha value is -0.690. The molecule has 1 aliphatic rings. The second kappa shape index (κ2) is 7.25. The van der Waals surface area contributed by atoms with Gasteiger partial charge in [-0.1, -0.05) is 19.8 Å². The highest BCUT2D eigenvalue weighted by Gasteiger charge is 2.40. The fraction of sp³-hybridized carbons (Fsp3) is 0.600. The Balaban J connectivity index is 0.00000242. The van der Waals surface area contributed by atoms with Gasteiger partial charge in [0.2, 0.25) is 10.0 Å². The van der Waals surface area contributed by atoms with Gasteiger partial charge in [-0.25, -0.2) is 17.5 Å². The Morgan fingerprint density at radius 2 is 2.09 bits per heavy atom. The molecule has 1 aliphatic carbocycles. The highest BCUT2D eigenvalue weighted by molar-refractivity contribution is 7.89. The Bertz CT molecular complexity index is 624. The lowest BCUT2D eigenvalue weighted by atomic mass is 9.74. The predicted octanol–water partition coefficient (Wildman–Crippen LogP) is 2.74. The molecule has 0 aromatic heterocycles. The number of halogens is 2. The van der Waals surface area contributed by atoms with Crippen LogP contribution in [-0.4, -0.2) is 20.5 Å². The summed E-state index contributed by atoms with van der Waals surface area (Å²) in [5, 5.41) is 0. The summed E-state index contributed by atoms with van der Waals surface area (Å²) in [6, 6.07) is 3.71. The first-order chi connectivity index (χ1) is 9.81. The van der Waals surface area contributed by atoms with E-state index in [4.69, 9.17) is 5.73 Å². The van der Waals surface area contributed by atoms with Crippen molar-refractivity contribution in [3.05, 3.63) is 29.6 Å². The second-order valence-electron chi connectivity index (χ2n) is 6.02. The molecule has 2 rings (SSSR count). The highest BCUT2D eigenvalue weighted by atomic mass is 35.5. The molecule has 0 amide bonds. The lowest BCUT2D eigenvalue weighted by Gasteiger charge is -2.42. The largest absolute Gasteiger partial charge is 0.329 e. The standard InChI is InChI=1S/C15H23FN2O2S.ClH/c1-11-9-13(16)6-7-14(11)21(19,20)18-15(10-17)8-4-3-5-12(15)2;/h6-7,9,12,18H,3-5,8,10,17H2,1-2H3;1H. The third-order valence-electron chi connectivity index (χ3n) is 4.58. The first-order valence-corrected chi connectivity index (χ1v) is 8.79. The average Bonchev–Trinajstić information content (AvgIpc) is 2.40. The van der Waals surface area contributed by atoms with E-state index in [1.807, 2.05) is 6.92 Å². The van der Waals surface area contributed by atoms with Crippen LogP contribution in [0, 0.1) is 18.7 Å². The van der Waals surface area contributed by atoms with Crippen molar-refractivity contribution in [2.75, 3.05) is 6.54 Å². The van der Waals surface area contributed by atoms with Crippen LogP contribution in [0.15, 0.2) is 23.1 Å². The van der Waals surface area contributed by atoms with E-state index >= 15 is 0 Å². The molecule has 4 nitrogen and oxygen atoms in total. The minimum absolute atomic E-state index is 0. The van der Waals surface area contributed by atoms with Gasteiger partial charge in [-0.2, -0.15) is 0 Å². The van der Waals surface area contributed by atoms with Crippen LogP contribution in [0.3, 0.4) is 0 Å². The summed E-state index contributed by atoms with van der Waals surface area (Å²) in [5.74, 6) is -0.252. The summed E-state index contributed by atoms with van der Waals surface area (Å²) < 4.78 is 41.3. The topological polar surface area (TPSA) is 72.2 Å². The number of sulfonamides is 1. The van der Waals surface area contributed by atoms with E-state index in [1.54, 1.807) is 6.92 Å². The maximum Gasteiger partial charge on any atom is 0.241 e. The average molecular weight is 351 g/mol. The minimum atomic E-state index is -3.71. The number of hydrogen-bond acceptors (Lipinski definition) is 3. The number of nitrogens with one attached hydrogen (secondary N) is 1. The van der Waals surface area contributed by atoms with Crippen LogP contribution in [0.1, 0.15) is 38.2 Å². The second-order valence-corrected chi connectivity index (χ2v) is 7.67. The van der Waals surface area contributed by atoms with E-state index < -0.39 is 21.4 Å². The molecule has 2 atom stereocenters. The molecular formula is C15H24ClFN2O2S. The van der Waals surface area contributed by atoms with Crippen LogP contribution >= 0.6 is 12.4 Å². The fourth-order valence-corrected chi connectivity index (χ4v) is 4.91. The molecule has 2 unspecified atom stereocenters. The molecule has 0 saturated heterocycles. The van der Waals surface area contributed by atoms with Gasteiger partial charge < -0.3 is 5.73 Å². The van der Waals surface area contributed by atoms with Gasteiger partial charge in [0.25, 0.3) is 0 Å². The van der Waals surface area contributed by atoms with Gasteiger partial charge >= 0.3 is 0 Å². The summed E-state index contributed by atoms with van der Waals surface area (Å²) in [4.78, 5) is 0.120. The van der Waals surface area contributed by atoms with Crippen molar-refractivity contribution < 1.29 is 12.8 Å². The van der Waals surface area contributed by atoms with Crippen LogP contribution in [0.5, 0.6) is 0 Å². The molecule has 0 heterocycles. The lowest BCUT2D eigenvalue weighted by Crippen LogP contribution is -2.59. The van der Waals surface area contributed by atoms with Crippen molar-refractivity contribution in [3.8, 4) is 0 Å². The van der Waals surface area contributed by atoms with Crippen molar-refractivity contribution in [1.29, 1.82) is 0 Å². The third-order valence-corrected chi connectivity index (χ3v) is 6.29. The van der Waals surface area contributed by atoms with Gasteiger partial charge in [-0.05, 0) is 49.4 Å². The van der Waals surface area contributed by atoms with Crippen LogP contribution in [-0.2, 0) is 10.0 Å². The first kappa shape index (κ1) is 19.4.